The molecule has 0 aliphatic rings. The Labute approximate surface area is 63.3 Å². The number of aromatic carboxylic acids is 1. The Morgan fingerprint density at radius 2 is 1.55 bits per heavy atom. The topological polar surface area (TPSA) is 77.8 Å². The first kappa shape index (κ1) is 9.61. The molecule has 0 fully saturated rings. The largest absolute Gasteiger partial charge is 0.478 e. The molecule has 0 aliphatic carbocycles. The molecule has 1 aromatic rings. The second-order valence-electron chi connectivity index (χ2n) is 1.67. The van der Waals surface area contributed by atoms with Crippen molar-refractivity contribution in [1.82, 2.24) is 0 Å². The Kier molecular flexibility index (Phi) is 4.72. The summed E-state index contributed by atoms with van der Waals surface area (Å²) in [6.45, 7) is 0. The van der Waals surface area contributed by atoms with E-state index in [1.165, 1.54) is 0 Å². The summed E-state index contributed by atoms with van der Waals surface area (Å²) in [5.74, 6) is -0.879. The lowest BCUT2D eigenvalue weighted by molar-refractivity contribution is -0.176. The van der Waals surface area contributed by atoms with Crippen LogP contribution in [0, 0.1) is 0 Å². The standard InChI is InChI=1S/C7H6O2.H2O2/c8-7(9)6-4-2-1-3-5-6;1-2/h1-5H,(H,8,9);1-2H. The lowest BCUT2D eigenvalue weighted by atomic mass is 10.2. The summed E-state index contributed by atoms with van der Waals surface area (Å²) in [7, 11) is 0. The highest BCUT2D eigenvalue weighted by Gasteiger charge is 1.96. The zero-order valence-electron chi connectivity index (χ0n) is 5.64. The highest BCUT2D eigenvalue weighted by Crippen LogP contribution is 1.96. The summed E-state index contributed by atoms with van der Waals surface area (Å²) in [5.41, 5.74) is 0.331. The van der Waals surface area contributed by atoms with Gasteiger partial charge in [0, 0.05) is 0 Å². The average molecular weight is 156 g/mol. The van der Waals surface area contributed by atoms with E-state index in [0.29, 0.717) is 5.56 Å². The molecule has 0 radical (unpaired) electrons. The summed E-state index contributed by atoms with van der Waals surface area (Å²) < 4.78 is 0. The highest BCUT2D eigenvalue weighted by atomic mass is 17.0. The number of rotatable bonds is 1. The third kappa shape index (κ3) is 3.34. The molecule has 0 aromatic heterocycles. The average Bonchev–Trinajstić information content (AvgIpc) is 2.10. The number of carboxylic acid groups (broad SMARTS) is 1. The first-order chi connectivity index (χ1) is 5.30. The number of carbonyl (C=O) groups is 1. The van der Waals surface area contributed by atoms with Gasteiger partial charge in [-0.15, -0.1) is 0 Å². The summed E-state index contributed by atoms with van der Waals surface area (Å²) in [6.07, 6.45) is 0. The Balaban J connectivity index is 0.000000461. The molecule has 4 heteroatoms. The van der Waals surface area contributed by atoms with Gasteiger partial charge >= 0.3 is 5.97 Å². The second-order valence-corrected chi connectivity index (χ2v) is 1.67. The minimum Gasteiger partial charge on any atom is -0.478 e. The molecule has 0 bridgehead atoms. The zero-order chi connectivity index (χ0) is 8.69. The maximum absolute atomic E-state index is 10.2. The lowest BCUT2D eigenvalue weighted by Crippen LogP contribution is -1.93. The fraction of sp³-hybridized carbons (Fsp3) is 0. The van der Waals surface area contributed by atoms with Crippen molar-refractivity contribution in [2.75, 3.05) is 0 Å². The van der Waals surface area contributed by atoms with Gasteiger partial charge in [-0.25, -0.2) is 4.79 Å². The maximum atomic E-state index is 10.2. The first-order valence-electron chi connectivity index (χ1n) is 2.79. The molecule has 0 saturated heterocycles. The van der Waals surface area contributed by atoms with E-state index in [9.17, 15) is 4.79 Å². The molecule has 0 unspecified atom stereocenters. The van der Waals surface area contributed by atoms with Gasteiger partial charge in [-0.3, -0.25) is 10.5 Å². The number of benzene rings is 1. The van der Waals surface area contributed by atoms with Gasteiger partial charge in [0.25, 0.3) is 0 Å². The van der Waals surface area contributed by atoms with Crippen LogP contribution in [0.25, 0.3) is 0 Å². The molecule has 11 heavy (non-hydrogen) atoms. The highest BCUT2D eigenvalue weighted by molar-refractivity contribution is 5.87. The van der Waals surface area contributed by atoms with E-state index in [1.807, 2.05) is 0 Å². The van der Waals surface area contributed by atoms with Crippen molar-refractivity contribution in [1.29, 1.82) is 0 Å². The Morgan fingerprint density at radius 3 is 1.82 bits per heavy atom. The minimum atomic E-state index is -0.879. The molecule has 60 valence electrons. The molecular weight excluding hydrogens is 148 g/mol. The van der Waals surface area contributed by atoms with E-state index >= 15 is 0 Å². The van der Waals surface area contributed by atoms with Gasteiger partial charge in [0.05, 0.1) is 5.56 Å². The molecule has 1 rings (SSSR count). The quantitative estimate of drug-likeness (QED) is 0.424. The van der Waals surface area contributed by atoms with Crippen LogP contribution >= 0.6 is 0 Å². The van der Waals surface area contributed by atoms with Crippen LogP contribution in [0.3, 0.4) is 0 Å². The van der Waals surface area contributed by atoms with Crippen LogP contribution in [0.4, 0.5) is 0 Å². The Morgan fingerprint density at radius 1 is 1.09 bits per heavy atom. The van der Waals surface area contributed by atoms with Gasteiger partial charge in [-0.2, -0.15) is 0 Å². The molecule has 1 aromatic carbocycles. The van der Waals surface area contributed by atoms with Crippen LogP contribution in [-0.4, -0.2) is 21.6 Å². The monoisotopic (exact) mass is 156 g/mol. The second kappa shape index (κ2) is 5.40. The van der Waals surface area contributed by atoms with E-state index in [-0.39, 0.29) is 0 Å². The predicted octanol–water partition coefficient (Wildman–Crippen LogP) is 1.40. The fourth-order valence-electron chi connectivity index (χ4n) is 0.581. The minimum absolute atomic E-state index is 0.331. The summed E-state index contributed by atoms with van der Waals surface area (Å²) in [5, 5.41) is 20.4. The predicted molar refractivity (Wildman–Crippen MR) is 38.7 cm³/mol. The van der Waals surface area contributed by atoms with Crippen molar-refractivity contribution in [2.45, 2.75) is 0 Å². The van der Waals surface area contributed by atoms with Gasteiger partial charge < -0.3 is 5.11 Å². The number of hydrogen-bond donors (Lipinski definition) is 3. The molecule has 0 heterocycles. The van der Waals surface area contributed by atoms with Gasteiger partial charge in [-0.1, -0.05) is 18.2 Å². The van der Waals surface area contributed by atoms with Gasteiger partial charge in [0.1, 0.15) is 0 Å². The third-order valence-corrected chi connectivity index (χ3v) is 1.02. The zero-order valence-corrected chi connectivity index (χ0v) is 5.64. The van der Waals surface area contributed by atoms with Crippen LogP contribution in [0.1, 0.15) is 10.4 Å². The van der Waals surface area contributed by atoms with Crippen LogP contribution < -0.4 is 0 Å². The van der Waals surface area contributed by atoms with Gasteiger partial charge in [0.15, 0.2) is 0 Å². The van der Waals surface area contributed by atoms with E-state index in [4.69, 9.17) is 15.6 Å². The molecule has 0 atom stereocenters. The molecule has 0 aliphatic heterocycles. The summed E-state index contributed by atoms with van der Waals surface area (Å²) >= 11 is 0. The first-order valence-corrected chi connectivity index (χ1v) is 2.79. The molecule has 4 nitrogen and oxygen atoms in total. The van der Waals surface area contributed by atoms with Gasteiger partial charge in [0.2, 0.25) is 0 Å². The molecule has 0 amide bonds. The van der Waals surface area contributed by atoms with Crippen molar-refractivity contribution in [2.24, 2.45) is 0 Å². The maximum Gasteiger partial charge on any atom is 0.335 e. The van der Waals surface area contributed by atoms with Gasteiger partial charge in [-0.05, 0) is 12.1 Å². The van der Waals surface area contributed by atoms with Crippen LogP contribution in [0.5, 0.6) is 0 Å². The van der Waals surface area contributed by atoms with E-state index in [1.54, 1.807) is 30.3 Å². The molecular formula is C7H8O4. The van der Waals surface area contributed by atoms with Crippen LogP contribution in [-0.2, 0) is 0 Å². The Bertz CT molecular complexity index is 207. The van der Waals surface area contributed by atoms with Crippen molar-refractivity contribution in [3.8, 4) is 0 Å². The number of hydrogen-bond acceptors (Lipinski definition) is 3. The van der Waals surface area contributed by atoms with Crippen LogP contribution in [0.15, 0.2) is 30.3 Å². The third-order valence-electron chi connectivity index (χ3n) is 1.02. The lowest BCUT2D eigenvalue weighted by Gasteiger charge is -1.88. The smallest absolute Gasteiger partial charge is 0.335 e. The molecule has 0 spiro atoms. The fourth-order valence-corrected chi connectivity index (χ4v) is 0.581. The number of carboxylic acids is 1. The van der Waals surface area contributed by atoms with E-state index in [0.717, 1.165) is 0 Å². The van der Waals surface area contributed by atoms with Crippen molar-refractivity contribution in [3.05, 3.63) is 35.9 Å². The van der Waals surface area contributed by atoms with E-state index < -0.39 is 5.97 Å². The van der Waals surface area contributed by atoms with Crippen molar-refractivity contribution < 1.29 is 20.4 Å². The summed E-state index contributed by atoms with van der Waals surface area (Å²) in [6, 6.07) is 8.30. The molecule has 3 N–H and O–H groups in total. The van der Waals surface area contributed by atoms with Crippen molar-refractivity contribution >= 4 is 5.97 Å². The normalized spacial score (nSPS) is 7.82. The Hall–Kier alpha value is -1.39. The summed E-state index contributed by atoms with van der Waals surface area (Å²) in [4.78, 5) is 10.2. The molecule has 0 saturated carbocycles. The van der Waals surface area contributed by atoms with Crippen LogP contribution in [0.2, 0.25) is 0 Å². The van der Waals surface area contributed by atoms with E-state index in [2.05, 4.69) is 0 Å². The van der Waals surface area contributed by atoms with Crippen molar-refractivity contribution in [3.63, 3.8) is 0 Å². The SMILES string of the molecule is O=C(O)c1ccccc1.OO.